The number of thiazole rings is 1. The first kappa shape index (κ1) is 20.7. The average Bonchev–Trinajstić information content (AvgIpc) is 3.22. The molecule has 1 amide bonds. The molecule has 1 unspecified atom stereocenters. The number of hydrogen-bond acceptors (Lipinski definition) is 4. The van der Waals surface area contributed by atoms with Gasteiger partial charge in [-0.25, -0.2) is 9.18 Å². The van der Waals surface area contributed by atoms with Gasteiger partial charge in [-0.3, -0.25) is 19.0 Å². The lowest BCUT2D eigenvalue weighted by molar-refractivity contribution is 0.0954. The minimum atomic E-state index is -0.579. The molecule has 6 nitrogen and oxygen atoms in total. The number of rotatable bonds is 6. The van der Waals surface area contributed by atoms with Crippen molar-refractivity contribution in [3.05, 3.63) is 109 Å². The van der Waals surface area contributed by atoms with Gasteiger partial charge < -0.3 is 5.32 Å². The highest BCUT2D eigenvalue weighted by molar-refractivity contribution is 7.19. The Labute approximate surface area is 181 Å². The highest BCUT2D eigenvalue weighted by Crippen LogP contribution is 2.24. The van der Waals surface area contributed by atoms with Crippen LogP contribution in [0.5, 0.6) is 0 Å². The average molecular weight is 437 g/mol. The maximum absolute atomic E-state index is 13.0. The molecule has 0 saturated heterocycles. The number of hydrogen-bond donors (Lipinski definition) is 2. The fourth-order valence-corrected chi connectivity index (χ4v) is 4.47. The van der Waals surface area contributed by atoms with Gasteiger partial charge in [0.05, 0.1) is 5.56 Å². The summed E-state index contributed by atoms with van der Waals surface area (Å²) in [7, 11) is 0. The quantitative estimate of drug-likeness (QED) is 0.485. The molecule has 158 valence electrons. The topological polar surface area (TPSA) is 83.4 Å². The van der Waals surface area contributed by atoms with Crippen LogP contribution in [0.4, 0.5) is 4.39 Å². The summed E-state index contributed by atoms with van der Waals surface area (Å²) < 4.78 is 14.3. The summed E-state index contributed by atoms with van der Waals surface area (Å²) >= 11 is 1.11. The normalized spacial score (nSPS) is 12.1. The van der Waals surface area contributed by atoms with Crippen molar-refractivity contribution >= 4 is 22.1 Å². The number of benzene rings is 2. The van der Waals surface area contributed by atoms with E-state index in [1.165, 1.54) is 22.7 Å². The Balaban J connectivity index is 1.61. The highest BCUT2D eigenvalue weighted by atomic mass is 32.1. The molecule has 2 aromatic carbocycles. The first-order chi connectivity index (χ1) is 14.9. The zero-order chi connectivity index (χ0) is 22.0. The number of fused-ring (bicyclic) bond motifs is 1. The Morgan fingerprint density at radius 2 is 1.84 bits per heavy atom. The van der Waals surface area contributed by atoms with E-state index in [1.54, 1.807) is 12.1 Å². The predicted molar refractivity (Wildman–Crippen MR) is 118 cm³/mol. The molecule has 4 rings (SSSR count). The van der Waals surface area contributed by atoms with E-state index in [0.29, 0.717) is 21.7 Å². The van der Waals surface area contributed by atoms with Crippen molar-refractivity contribution in [3.63, 3.8) is 0 Å². The van der Waals surface area contributed by atoms with Crippen LogP contribution in [0.1, 0.15) is 39.2 Å². The summed E-state index contributed by atoms with van der Waals surface area (Å²) in [4.78, 5) is 40.6. The number of nitrogens with zero attached hydrogens (tertiary/aromatic N) is 1. The van der Waals surface area contributed by atoms with Gasteiger partial charge in [0.25, 0.3) is 11.5 Å². The van der Waals surface area contributed by atoms with Crippen LogP contribution in [0.25, 0.3) is 4.83 Å². The Morgan fingerprint density at radius 3 is 2.55 bits per heavy atom. The van der Waals surface area contributed by atoms with Crippen LogP contribution in [0.2, 0.25) is 0 Å². The standard InChI is InChI=1S/C23H20FN3O3S/c1-14(16-5-3-2-4-6-16)11-18-20(28)26-23(30)27-13-19(31-22(18)27)21(29)25-12-15-7-9-17(24)10-8-15/h2-10,13-14H,11-12H2,1H3,(H,25,29)(H,26,28,30). The number of H-pyrrole nitrogens is 1. The number of nitrogens with one attached hydrogen (secondary N) is 2. The molecule has 1 atom stereocenters. The summed E-state index contributed by atoms with van der Waals surface area (Å²) in [5.74, 6) is -0.658. The van der Waals surface area contributed by atoms with E-state index in [2.05, 4.69) is 10.3 Å². The van der Waals surface area contributed by atoms with E-state index in [9.17, 15) is 18.8 Å². The van der Waals surface area contributed by atoms with Crippen LogP contribution < -0.4 is 16.6 Å². The molecule has 0 radical (unpaired) electrons. The third-order valence-electron chi connectivity index (χ3n) is 5.11. The lowest BCUT2D eigenvalue weighted by atomic mass is 9.95. The van der Waals surface area contributed by atoms with E-state index >= 15 is 0 Å². The monoisotopic (exact) mass is 437 g/mol. The Bertz CT molecular complexity index is 1340. The van der Waals surface area contributed by atoms with Gasteiger partial charge in [0, 0.05) is 12.7 Å². The molecule has 0 saturated carbocycles. The molecule has 2 N–H and O–H groups in total. The molecule has 0 aliphatic heterocycles. The Morgan fingerprint density at radius 1 is 1.13 bits per heavy atom. The zero-order valence-corrected chi connectivity index (χ0v) is 17.5. The number of halogens is 1. The van der Waals surface area contributed by atoms with Crippen LogP contribution >= 0.6 is 11.3 Å². The number of aromatic nitrogens is 2. The van der Waals surface area contributed by atoms with E-state index in [0.717, 1.165) is 22.5 Å². The summed E-state index contributed by atoms with van der Waals surface area (Å²) in [6, 6.07) is 15.6. The second-order valence-corrected chi connectivity index (χ2v) is 8.36. The third kappa shape index (κ3) is 4.49. The Hall–Kier alpha value is -3.52. The largest absolute Gasteiger partial charge is 0.347 e. The van der Waals surface area contributed by atoms with Crippen molar-refractivity contribution in [2.24, 2.45) is 0 Å². The lowest BCUT2D eigenvalue weighted by Crippen LogP contribution is -2.28. The summed E-state index contributed by atoms with van der Waals surface area (Å²) in [6.45, 7) is 2.24. The molecular weight excluding hydrogens is 417 g/mol. The van der Waals surface area contributed by atoms with Crippen molar-refractivity contribution in [2.45, 2.75) is 25.8 Å². The van der Waals surface area contributed by atoms with Gasteiger partial charge >= 0.3 is 5.69 Å². The molecule has 0 spiro atoms. The molecule has 0 bridgehead atoms. The van der Waals surface area contributed by atoms with Crippen LogP contribution in [-0.2, 0) is 13.0 Å². The molecule has 4 aromatic rings. The number of amides is 1. The fourth-order valence-electron chi connectivity index (χ4n) is 3.41. The maximum atomic E-state index is 13.0. The second kappa shape index (κ2) is 8.69. The van der Waals surface area contributed by atoms with Crippen molar-refractivity contribution in [3.8, 4) is 0 Å². The number of carbonyl (C=O) groups is 1. The van der Waals surface area contributed by atoms with Gasteiger partial charge in [-0.1, -0.05) is 49.4 Å². The lowest BCUT2D eigenvalue weighted by Gasteiger charge is -2.11. The molecular formula is C23H20FN3O3S. The van der Waals surface area contributed by atoms with Crippen LogP contribution in [0, 0.1) is 5.82 Å². The van der Waals surface area contributed by atoms with Crippen LogP contribution in [0.15, 0.2) is 70.4 Å². The maximum Gasteiger partial charge on any atom is 0.333 e. The minimum absolute atomic E-state index is 0.0569. The molecule has 2 aromatic heterocycles. The fraction of sp³-hybridized carbons (Fsp3) is 0.174. The van der Waals surface area contributed by atoms with Gasteiger partial charge in [0.15, 0.2) is 0 Å². The van der Waals surface area contributed by atoms with Crippen molar-refractivity contribution < 1.29 is 9.18 Å². The zero-order valence-electron chi connectivity index (χ0n) is 16.7. The summed E-state index contributed by atoms with van der Waals surface area (Å²) in [5, 5.41) is 2.76. The van der Waals surface area contributed by atoms with Crippen LogP contribution in [-0.4, -0.2) is 15.3 Å². The van der Waals surface area contributed by atoms with Gasteiger partial charge in [0.2, 0.25) is 0 Å². The van der Waals surface area contributed by atoms with Crippen LogP contribution in [0.3, 0.4) is 0 Å². The molecule has 0 fully saturated rings. The molecule has 2 heterocycles. The highest BCUT2D eigenvalue weighted by Gasteiger charge is 2.19. The second-order valence-electron chi connectivity index (χ2n) is 7.33. The van der Waals surface area contributed by atoms with Gasteiger partial charge in [-0.2, -0.15) is 0 Å². The predicted octanol–water partition coefficient (Wildman–Crippen LogP) is 3.46. The third-order valence-corrected chi connectivity index (χ3v) is 6.26. The SMILES string of the molecule is CC(Cc1c(=O)[nH]c(=O)n2cc(C(=O)NCc3ccc(F)cc3)sc12)c1ccccc1. The first-order valence-electron chi connectivity index (χ1n) is 9.77. The van der Waals surface area contributed by atoms with Gasteiger partial charge in [-0.15, -0.1) is 11.3 Å². The van der Waals surface area contributed by atoms with E-state index < -0.39 is 11.2 Å². The van der Waals surface area contributed by atoms with Crippen molar-refractivity contribution in [2.75, 3.05) is 0 Å². The molecule has 8 heteroatoms. The number of carbonyl (C=O) groups excluding carboxylic acids is 1. The summed E-state index contributed by atoms with van der Waals surface area (Å²) in [6.07, 6.45) is 1.87. The van der Waals surface area contributed by atoms with E-state index in [1.807, 2.05) is 37.3 Å². The van der Waals surface area contributed by atoms with Gasteiger partial charge in [0.1, 0.15) is 15.5 Å². The van der Waals surface area contributed by atoms with E-state index in [-0.39, 0.29) is 24.2 Å². The molecule has 31 heavy (non-hydrogen) atoms. The van der Waals surface area contributed by atoms with Crippen molar-refractivity contribution in [1.29, 1.82) is 0 Å². The Kier molecular flexibility index (Phi) is 5.81. The smallest absolute Gasteiger partial charge is 0.333 e. The number of aromatic amines is 1. The van der Waals surface area contributed by atoms with Crippen molar-refractivity contribution in [1.82, 2.24) is 14.7 Å². The first-order valence-corrected chi connectivity index (χ1v) is 10.6. The van der Waals surface area contributed by atoms with E-state index in [4.69, 9.17) is 0 Å². The molecule has 0 aliphatic carbocycles. The summed E-state index contributed by atoms with van der Waals surface area (Å²) in [5.41, 5.74) is 1.29. The van der Waals surface area contributed by atoms with Gasteiger partial charge in [-0.05, 0) is 35.6 Å². The minimum Gasteiger partial charge on any atom is -0.347 e. The molecule has 0 aliphatic rings.